The number of anilines is 1. The van der Waals surface area contributed by atoms with E-state index in [9.17, 15) is 4.79 Å². The lowest BCUT2D eigenvalue weighted by molar-refractivity contribution is 0.691. The minimum Gasteiger partial charge on any atom is -0.360 e. The molecule has 28 heavy (non-hydrogen) atoms. The highest BCUT2D eigenvalue weighted by Gasteiger charge is 2.18. The van der Waals surface area contributed by atoms with Crippen molar-refractivity contribution in [1.82, 2.24) is 28.5 Å². The van der Waals surface area contributed by atoms with Crippen LogP contribution in [0.3, 0.4) is 0 Å². The summed E-state index contributed by atoms with van der Waals surface area (Å²) in [5.41, 5.74) is 1.95. The summed E-state index contributed by atoms with van der Waals surface area (Å²) in [7, 11) is 0. The van der Waals surface area contributed by atoms with Crippen molar-refractivity contribution >= 4 is 17.1 Å². The minimum atomic E-state index is -0.261. The molecule has 0 radical (unpaired) electrons. The van der Waals surface area contributed by atoms with Crippen LogP contribution in [-0.2, 0) is 0 Å². The molecule has 8 nitrogen and oxygen atoms in total. The maximum Gasteiger partial charge on any atom is 0.339 e. The fourth-order valence-electron chi connectivity index (χ4n) is 3.34. The lowest BCUT2D eigenvalue weighted by Crippen LogP contribution is -2.31. The highest BCUT2D eigenvalue weighted by molar-refractivity contribution is 5.48. The number of benzene rings is 1. The maximum atomic E-state index is 13.2. The molecule has 5 rings (SSSR count). The smallest absolute Gasteiger partial charge is 0.339 e. The second-order valence-corrected chi connectivity index (χ2v) is 6.46. The number of hydrogen-bond donors (Lipinski definition) is 1. The molecule has 4 heterocycles. The van der Waals surface area contributed by atoms with Gasteiger partial charge < -0.3 is 5.32 Å². The third-order valence-corrected chi connectivity index (χ3v) is 4.64. The second kappa shape index (κ2) is 6.34. The van der Waals surface area contributed by atoms with Gasteiger partial charge in [-0.15, -0.1) is 0 Å². The van der Waals surface area contributed by atoms with E-state index in [0.29, 0.717) is 11.5 Å². The first-order valence-electron chi connectivity index (χ1n) is 8.93. The standard InChI is InChI=1S/C20H17N7O/c1-14(23-18-9-11-21-16-10-12-22-27(16)18)19-24-17-8-5-13-25(17)20(28)26(19)15-6-3-2-4-7-15/h2-14,23H,1H3. The van der Waals surface area contributed by atoms with Crippen molar-refractivity contribution in [2.75, 3.05) is 5.32 Å². The molecule has 4 aromatic heterocycles. The Labute approximate surface area is 159 Å². The molecule has 0 amide bonds. The van der Waals surface area contributed by atoms with E-state index in [0.717, 1.165) is 17.2 Å². The third kappa shape index (κ3) is 2.54. The topological polar surface area (TPSA) is 81.5 Å². The van der Waals surface area contributed by atoms with Crippen LogP contribution in [0.1, 0.15) is 18.8 Å². The first-order valence-corrected chi connectivity index (χ1v) is 8.93. The Morgan fingerprint density at radius 3 is 2.68 bits per heavy atom. The summed E-state index contributed by atoms with van der Waals surface area (Å²) in [5.74, 6) is 1.38. The van der Waals surface area contributed by atoms with Gasteiger partial charge in [-0.2, -0.15) is 9.61 Å². The summed E-state index contributed by atoms with van der Waals surface area (Å²) < 4.78 is 4.89. The van der Waals surface area contributed by atoms with Crippen molar-refractivity contribution < 1.29 is 0 Å². The molecule has 0 saturated heterocycles. The van der Waals surface area contributed by atoms with Gasteiger partial charge >= 0.3 is 5.69 Å². The third-order valence-electron chi connectivity index (χ3n) is 4.64. The molecule has 0 aliphatic rings. The molecule has 1 N–H and O–H groups in total. The molecule has 1 atom stereocenters. The first kappa shape index (κ1) is 16.2. The van der Waals surface area contributed by atoms with Gasteiger partial charge in [0.1, 0.15) is 17.3 Å². The van der Waals surface area contributed by atoms with Crippen molar-refractivity contribution in [2.45, 2.75) is 13.0 Å². The van der Waals surface area contributed by atoms with E-state index in [1.165, 1.54) is 0 Å². The summed E-state index contributed by atoms with van der Waals surface area (Å²) in [5, 5.41) is 7.71. The summed E-state index contributed by atoms with van der Waals surface area (Å²) in [6.45, 7) is 1.97. The van der Waals surface area contributed by atoms with Crippen molar-refractivity contribution in [3.8, 4) is 5.69 Å². The van der Waals surface area contributed by atoms with Gasteiger partial charge in [0, 0.05) is 18.5 Å². The van der Waals surface area contributed by atoms with Crippen molar-refractivity contribution in [3.63, 3.8) is 0 Å². The molecule has 0 aliphatic carbocycles. The molecule has 138 valence electrons. The number of hydrogen-bond acceptors (Lipinski definition) is 5. The number of nitrogens with zero attached hydrogens (tertiary/aromatic N) is 6. The van der Waals surface area contributed by atoms with Gasteiger partial charge in [-0.1, -0.05) is 18.2 Å². The Kier molecular flexibility index (Phi) is 3.68. The van der Waals surface area contributed by atoms with Crippen LogP contribution in [0.4, 0.5) is 5.82 Å². The van der Waals surface area contributed by atoms with Gasteiger partial charge in [0.25, 0.3) is 0 Å². The van der Waals surface area contributed by atoms with Gasteiger partial charge in [0.2, 0.25) is 0 Å². The quantitative estimate of drug-likeness (QED) is 0.525. The van der Waals surface area contributed by atoms with Crippen LogP contribution in [0.2, 0.25) is 0 Å². The fraction of sp³-hybridized carbons (Fsp3) is 0.100. The predicted octanol–water partition coefficient (Wildman–Crippen LogP) is 2.70. The van der Waals surface area contributed by atoms with Gasteiger partial charge in [0.15, 0.2) is 5.65 Å². The van der Waals surface area contributed by atoms with Gasteiger partial charge in [-0.25, -0.2) is 19.3 Å². The van der Waals surface area contributed by atoms with Crippen LogP contribution < -0.4 is 11.0 Å². The maximum absolute atomic E-state index is 13.2. The fourth-order valence-corrected chi connectivity index (χ4v) is 3.34. The molecule has 1 aromatic carbocycles. The Morgan fingerprint density at radius 1 is 0.964 bits per heavy atom. The summed E-state index contributed by atoms with van der Waals surface area (Å²) >= 11 is 0. The molecular weight excluding hydrogens is 354 g/mol. The zero-order valence-corrected chi connectivity index (χ0v) is 15.1. The van der Waals surface area contributed by atoms with E-state index in [2.05, 4.69) is 15.4 Å². The lowest BCUT2D eigenvalue weighted by Gasteiger charge is -2.20. The van der Waals surface area contributed by atoms with Crippen LogP contribution in [0, 0.1) is 0 Å². The first-order chi connectivity index (χ1) is 13.7. The minimum absolute atomic E-state index is 0.163. The SMILES string of the molecule is CC(Nc1ccnc2ccnn12)c1nc2cccn2c(=O)n1-c1ccccc1. The van der Waals surface area contributed by atoms with Crippen LogP contribution in [0.15, 0.2) is 78.0 Å². The highest BCUT2D eigenvalue weighted by atomic mass is 16.1. The normalized spacial score (nSPS) is 12.5. The molecule has 0 fully saturated rings. The predicted molar refractivity (Wildman–Crippen MR) is 106 cm³/mol. The Morgan fingerprint density at radius 2 is 1.82 bits per heavy atom. The van der Waals surface area contributed by atoms with Crippen molar-refractivity contribution in [2.24, 2.45) is 0 Å². The number of para-hydroxylation sites is 1. The van der Waals surface area contributed by atoms with Crippen LogP contribution in [-0.4, -0.2) is 28.5 Å². The second-order valence-electron chi connectivity index (χ2n) is 6.46. The van der Waals surface area contributed by atoms with Crippen LogP contribution in [0.25, 0.3) is 17.0 Å². The Balaban J connectivity index is 1.67. The van der Waals surface area contributed by atoms with Gasteiger partial charge in [0.05, 0.1) is 17.9 Å². The molecule has 0 saturated carbocycles. The molecule has 1 unspecified atom stereocenters. The van der Waals surface area contributed by atoms with E-state index in [4.69, 9.17) is 4.98 Å². The number of fused-ring (bicyclic) bond motifs is 2. The van der Waals surface area contributed by atoms with Crippen molar-refractivity contribution in [3.05, 3.63) is 89.5 Å². The Bertz CT molecular complexity index is 1330. The van der Waals surface area contributed by atoms with Gasteiger partial charge in [-0.05, 0) is 37.3 Å². The van der Waals surface area contributed by atoms with E-state index in [1.54, 1.807) is 32.1 Å². The van der Waals surface area contributed by atoms with E-state index >= 15 is 0 Å². The molecule has 8 heteroatoms. The van der Waals surface area contributed by atoms with E-state index in [1.807, 2.05) is 61.5 Å². The van der Waals surface area contributed by atoms with Crippen LogP contribution in [0.5, 0.6) is 0 Å². The number of nitrogens with one attached hydrogen (secondary N) is 1. The largest absolute Gasteiger partial charge is 0.360 e. The van der Waals surface area contributed by atoms with E-state index in [-0.39, 0.29) is 11.7 Å². The van der Waals surface area contributed by atoms with Crippen LogP contribution >= 0.6 is 0 Å². The summed E-state index contributed by atoms with van der Waals surface area (Å²) in [4.78, 5) is 22.2. The van der Waals surface area contributed by atoms with Gasteiger partial charge in [-0.3, -0.25) is 4.40 Å². The molecule has 0 aliphatic heterocycles. The van der Waals surface area contributed by atoms with E-state index < -0.39 is 0 Å². The van der Waals surface area contributed by atoms with Crippen molar-refractivity contribution in [1.29, 1.82) is 0 Å². The summed E-state index contributed by atoms with van der Waals surface area (Å²) in [6, 6.07) is 16.6. The number of aromatic nitrogens is 6. The average molecular weight is 371 g/mol. The zero-order chi connectivity index (χ0) is 19.1. The number of rotatable bonds is 4. The monoisotopic (exact) mass is 371 g/mol. The summed E-state index contributed by atoms with van der Waals surface area (Å²) in [6.07, 6.45) is 5.14. The zero-order valence-electron chi connectivity index (χ0n) is 15.1. The molecular formula is C20H17N7O. The highest BCUT2D eigenvalue weighted by Crippen LogP contribution is 2.20. The molecule has 0 bridgehead atoms. The Hall–Kier alpha value is -3.94. The lowest BCUT2D eigenvalue weighted by atomic mass is 10.2. The molecule has 0 spiro atoms. The average Bonchev–Trinajstić information content (AvgIpc) is 3.38. The molecule has 5 aromatic rings.